The summed E-state index contributed by atoms with van der Waals surface area (Å²) in [6.07, 6.45) is 0. The summed E-state index contributed by atoms with van der Waals surface area (Å²) in [4.78, 5) is 4.61. The molecule has 0 atom stereocenters. The second-order valence-electron chi connectivity index (χ2n) is 6.85. The summed E-state index contributed by atoms with van der Waals surface area (Å²) in [6.45, 7) is 4.01. The van der Waals surface area contributed by atoms with Crippen molar-refractivity contribution in [2.45, 2.75) is 18.7 Å². The van der Waals surface area contributed by atoms with Crippen molar-refractivity contribution >= 4 is 16.0 Å². The summed E-state index contributed by atoms with van der Waals surface area (Å²) in [5.74, 6) is 0.514. The Hall–Kier alpha value is -3.38. The number of aryl methyl sites for hydroxylation is 2. The lowest BCUT2D eigenvalue weighted by Gasteiger charge is -2.03. The number of nitrogens with one attached hydrogen (secondary N) is 1. The van der Waals surface area contributed by atoms with Gasteiger partial charge in [0.2, 0.25) is 0 Å². The largest absolute Gasteiger partial charge is 0.422 e. The number of benzene rings is 3. The molecule has 6 heteroatoms. The van der Waals surface area contributed by atoms with Gasteiger partial charge in [-0.3, -0.25) is 0 Å². The van der Waals surface area contributed by atoms with Crippen molar-refractivity contribution < 1.29 is 12.8 Å². The zero-order valence-electron chi connectivity index (χ0n) is 16.1. The van der Waals surface area contributed by atoms with Crippen LogP contribution in [0.4, 0.5) is 6.01 Å². The minimum absolute atomic E-state index is 0.0694. The molecule has 1 heterocycles. The molecule has 5 nitrogen and oxygen atoms in total. The van der Waals surface area contributed by atoms with Crippen LogP contribution >= 0.6 is 0 Å². The Morgan fingerprint density at radius 2 is 1.31 bits per heavy atom. The van der Waals surface area contributed by atoms with Crippen LogP contribution in [-0.4, -0.2) is 13.4 Å². The zero-order valence-corrected chi connectivity index (χ0v) is 16.9. The molecule has 0 radical (unpaired) electrons. The van der Waals surface area contributed by atoms with Gasteiger partial charge in [0, 0.05) is 11.1 Å². The van der Waals surface area contributed by atoms with E-state index in [1.807, 2.05) is 62.4 Å². The highest BCUT2D eigenvalue weighted by atomic mass is 32.2. The van der Waals surface area contributed by atoms with E-state index in [0.29, 0.717) is 11.5 Å². The molecule has 3 aromatic carbocycles. The van der Waals surface area contributed by atoms with Crippen molar-refractivity contribution in [2.24, 2.45) is 0 Å². The van der Waals surface area contributed by atoms with Gasteiger partial charge in [0.05, 0.1) is 4.90 Å². The fourth-order valence-electron chi connectivity index (χ4n) is 2.94. The number of sulfonamides is 1. The summed E-state index contributed by atoms with van der Waals surface area (Å²) in [5, 5.41) is 0. The first kappa shape index (κ1) is 19.0. The number of hydrogen-bond acceptors (Lipinski definition) is 4. The van der Waals surface area contributed by atoms with Crippen molar-refractivity contribution in [3.63, 3.8) is 0 Å². The van der Waals surface area contributed by atoms with E-state index in [2.05, 4.69) is 9.71 Å². The maximum Gasteiger partial charge on any atom is 0.310 e. The summed E-state index contributed by atoms with van der Waals surface area (Å²) in [5.41, 5.74) is 4.50. The van der Waals surface area contributed by atoms with Crippen molar-refractivity contribution in [1.29, 1.82) is 0 Å². The molecule has 0 saturated carbocycles. The van der Waals surface area contributed by atoms with Gasteiger partial charge < -0.3 is 4.42 Å². The predicted molar refractivity (Wildman–Crippen MR) is 114 cm³/mol. The Balaban J connectivity index is 1.79. The molecule has 1 N–H and O–H groups in total. The van der Waals surface area contributed by atoms with Crippen LogP contribution in [0.5, 0.6) is 0 Å². The summed E-state index contributed by atoms with van der Waals surface area (Å²) in [6, 6.07) is 23.7. The predicted octanol–water partition coefficient (Wildman–Crippen LogP) is 5.43. The second kappa shape index (κ2) is 7.56. The Morgan fingerprint density at radius 3 is 1.90 bits per heavy atom. The number of anilines is 1. The van der Waals surface area contributed by atoms with Crippen LogP contribution in [-0.2, 0) is 10.0 Å². The third kappa shape index (κ3) is 4.07. The van der Waals surface area contributed by atoms with Gasteiger partial charge in [-0.15, -0.1) is 0 Å². The van der Waals surface area contributed by atoms with Crippen LogP contribution in [0.1, 0.15) is 11.1 Å². The number of oxazole rings is 1. The van der Waals surface area contributed by atoms with Crippen molar-refractivity contribution in [1.82, 2.24) is 4.98 Å². The first-order valence-corrected chi connectivity index (χ1v) is 10.6. The highest BCUT2D eigenvalue weighted by molar-refractivity contribution is 7.92. The average molecular weight is 404 g/mol. The van der Waals surface area contributed by atoms with Crippen LogP contribution in [0.15, 0.2) is 88.2 Å². The smallest absolute Gasteiger partial charge is 0.310 e. The van der Waals surface area contributed by atoms with E-state index in [4.69, 9.17) is 4.42 Å². The van der Waals surface area contributed by atoms with Crippen LogP contribution in [0.2, 0.25) is 0 Å². The monoisotopic (exact) mass is 404 g/mol. The number of hydrogen-bond donors (Lipinski definition) is 1. The SMILES string of the molecule is Cc1ccc(-c2nc(NS(=O)(=O)c3ccccc3)oc2-c2ccc(C)cc2)cc1. The second-order valence-corrected chi connectivity index (χ2v) is 8.53. The molecule has 0 aliphatic carbocycles. The van der Waals surface area contributed by atoms with Gasteiger partial charge in [-0.2, -0.15) is 4.98 Å². The normalized spacial score (nSPS) is 11.4. The molecule has 4 rings (SSSR count). The highest BCUT2D eigenvalue weighted by Gasteiger charge is 2.21. The summed E-state index contributed by atoms with van der Waals surface area (Å²) in [7, 11) is -3.80. The minimum Gasteiger partial charge on any atom is -0.422 e. The molecule has 0 aliphatic heterocycles. The van der Waals surface area contributed by atoms with Gasteiger partial charge >= 0.3 is 6.01 Å². The van der Waals surface area contributed by atoms with E-state index >= 15 is 0 Å². The first-order chi connectivity index (χ1) is 13.9. The van der Waals surface area contributed by atoms with Crippen LogP contribution in [0.3, 0.4) is 0 Å². The van der Waals surface area contributed by atoms with E-state index in [1.165, 1.54) is 12.1 Å². The molecular weight excluding hydrogens is 384 g/mol. The third-order valence-electron chi connectivity index (χ3n) is 4.54. The lowest BCUT2D eigenvalue weighted by Crippen LogP contribution is -2.12. The van der Waals surface area contributed by atoms with Gasteiger partial charge in [-0.05, 0) is 26.0 Å². The van der Waals surface area contributed by atoms with E-state index in [-0.39, 0.29) is 10.9 Å². The number of aromatic nitrogens is 1. The zero-order chi connectivity index (χ0) is 20.4. The first-order valence-electron chi connectivity index (χ1n) is 9.15. The van der Waals surface area contributed by atoms with Crippen molar-refractivity contribution in [3.8, 4) is 22.6 Å². The number of rotatable bonds is 5. The van der Waals surface area contributed by atoms with E-state index < -0.39 is 10.0 Å². The molecule has 0 amide bonds. The van der Waals surface area contributed by atoms with Crippen LogP contribution < -0.4 is 4.72 Å². The Morgan fingerprint density at radius 1 is 0.759 bits per heavy atom. The quantitative estimate of drug-likeness (QED) is 0.482. The molecule has 0 fully saturated rings. The third-order valence-corrected chi connectivity index (χ3v) is 5.88. The van der Waals surface area contributed by atoms with Crippen molar-refractivity contribution in [3.05, 3.63) is 90.0 Å². The maximum absolute atomic E-state index is 12.7. The molecule has 1 aromatic heterocycles. The molecule has 29 heavy (non-hydrogen) atoms. The fourth-order valence-corrected chi connectivity index (χ4v) is 3.90. The van der Waals surface area contributed by atoms with Crippen molar-refractivity contribution in [2.75, 3.05) is 4.72 Å². The van der Waals surface area contributed by atoms with Crippen LogP contribution in [0, 0.1) is 13.8 Å². The molecule has 0 bridgehead atoms. The van der Waals surface area contributed by atoms with Gasteiger partial charge in [-0.1, -0.05) is 77.9 Å². The molecule has 0 saturated heterocycles. The molecular formula is C23H20N2O3S. The van der Waals surface area contributed by atoms with Gasteiger partial charge in [0.25, 0.3) is 10.0 Å². The van der Waals surface area contributed by atoms with Gasteiger partial charge in [-0.25, -0.2) is 13.1 Å². The molecule has 146 valence electrons. The Bertz CT molecular complexity index is 1160. The lowest BCUT2D eigenvalue weighted by molar-refractivity contribution is 0.580. The van der Waals surface area contributed by atoms with Gasteiger partial charge in [0.15, 0.2) is 5.76 Å². The summed E-state index contributed by atoms with van der Waals surface area (Å²) < 4.78 is 33.7. The molecule has 0 spiro atoms. The molecule has 0 unspecified atom stereocenters. The standard InChI is InChI=1S/C23H20N2O3S/c1-16-8-12-18(13-9-16)21-22(19-14-10-17(2)11-15-19)28-23(24-21)25-29(26,27)20-6-4-3-5-7-20/h3-15H,1-2H3,(H,24,25). The Labute approximate surface area is 170 Å². The highest BCUT2D eigenvalue weighted by Crippen LogP contribution is 2.35. The van der Waals surface area contributed by atoms with E-state index in [0.717, 1.165) is 22.3 Å². The molecule has 0 aliphatic rings. The van der Waals surface area contributed by atoms with Gasteiger partial charge in [0.1, 0.15) is 5.69 Å². The molecule has 4 aromatic rings. The lowest BCUT2D eigenvalue weighted by atomic mass is 10.0. The number of nitrogens with zero attached hydrogens (tertiary/aromatic N) is 1. The Kier molecular flexibility index (Phi) is 4.94. The summed E-state index contributed by atoms with van der Waals surface area (Å²) >= 11 is 0. The van der Waals surface area contributed by atoms with E-state index in [9.17, 15) is 8.42 Å². The van der Waals surface area contributed by atoms with E-state index in [1.54, 1.807) is 18.2 Å². The topological polar surface area (TPSA) is 72.2 Å². The van der Waals surface area contributed by atoms with Crippen LogP contribution in [0.25, 0.3) is 22.6 Å². The maximum atomic E-state index is 12.7. The fraction of sp³-hybridized carbons (Fsp3) is 0.0870. The average Bonchev–Trinajstić information content (AvgIpc) is 3.13. The minimum atomic E-state index is -3.80.